The number of hydrogen-bond donors (Lipinski definition) is 2. The molecule has 0 bridgehead atoms. The SMILES string of the molecule is CCn1nncc1CNC(=O)Nc1ccc(F)c(C2CC2)c1. The molecule has 2 N–H and O–H groups in total. The third-order valence-corrected chi connectivity index (χ3v) is 3.70. The van der Waals surface area contributed by atoms with Crippen molar-refractivity contribution in [2.24, 2.45) is 0 Å². The molecule has 0 aliphatic heterocycles. The van der Waals surface area contributed by atoms with Crippen LogP contribution in [0.3, 0.4) is 0 Å². The van der Waals surface area contributed by atoms with Crippen LogP contribution in [0.25, 0.3) is 0 Å². The Balaban J connectivity index is 1.58. The first-order chi connectivity index (χ1) is 10.7. The van der Waals surface area contributed by atoms with Gasteiger partial charge in [-0.25, -0.2) is 13.9 Å². The van der Waals surface area contributed by atoms with Gasteiger partial charge in [-0.05, 0) is 49.4 Å². The molecule has 1 fully saturated rings. The Kier molecular flexibility index (Phi) is 4.04. The van der Waals surface area contributed by atoms with Crippen molar-refractivity contribution in [1.29, 1.82) is 0 Å². The van der Waals surface area contributed by atoms with Crippen LogP contribution in [0.1, 0.15) is 36.9 Å². The third kappa shape index (κ3) is 3.24. The van der Waals surface area contributed by atoms with Gasteiger partial charge in [-0.2, -0.15) is 0 Å². The lowest BCUT2D eigenvalue weighted by Crippen LogP contribution is -2.29. The van der Waals surface area contributed by atoms with Crippen molar-refractivity contribution in [2.45, 2.75) is 38.8 Å². The average molecular weight is 303 g/mol. The maximum atomic E-state index is 13.7. The number of nitrogens with one attached hydrogen (secondary N) is 2. The number of rotatable bonds is 5. The number of halogens is 1. The van der Waals surface area contributed by atoms with Crippen LogP contribution in [-0.4, -0.2) is 21.0 Å². The molecule has 1 aromatic heterocycles. The Morgan fingerprint density at radius 2 is 2.27 bits per heavy atom. The number of aromatic nitrogens is 3. The molecule has 0 radical (unpaired) electrons. The first kappa shape index (κ1) is 14.5. The van der Waals surface area contributed by atoms with Gasteiger partial charge in [-0.15, -0.1) is 5.10 Å². The Hall–Kier alpha value is -2.44. The van der Waals surface area contributed by atoms with Gasteiger partial charge in [0.2, 0.25) is 0 Å². The molecule has 1 aromatic carbocycles. The lowest BCUT2D eigenvalue weighted by atomic mass is 10.1. The zero-order valence-corrected chi connectivity index (χ0v) is 12.3. The number of carbonyl (C=O) groups is 1. The quantitative estimate of drug-likeness (QED) is 0.892. The van der Waals surface area contributed by atoms with Crippen molar-refractivity contribution in [1.82, 2.24) is 20.3 Å². The highest BCUT2D eigenvalue weighted by Gasteiger charge is 2.26. The smallest absolute Gasteiger partial charge is 0.319 e. The summed E-state index contributed by atoms with van der Waals surface area (Å²) in [6.45, 7) is 2.99. The van der Waals surface area contributed by atoms with E-state index in [1.807, 2.05) is 6.92 Å². The fraction of sp³-hybridized carbons (Fsp3) is 0.400. The van der Waals surface area contributed by atoms with Crippen molar-refractivity contribution in [3.05, 3.63) is 41.5 Å². The van der Waals surface area contributed by atoms with E-state index >= 15 is 0 Å². The number of anilines is 1. The van der Waals surface area contributed by atoms with Gasteiger partial charge in [0.05, 0.1) is 18.4 Å². The van der Waals surface area contributed by atoms with E-state index < -0.39 is 0 Å². The zero-order valence-electron chi connectivity index (χ0n) is 12.3. The molecular weight excluding hydrogens is 285 g/mol. The summed E-state index contributed by atoms with van der Waals surface area (Å²) in [5, 5.41) is 13.2. The molecule has 0 unspecified atom stereocenters. The molecule has 1 aliphatic carbocycles. The molecule has 6 nitrogen and oxygen atoms in total. The van der Waals surface area contributed by atoms with Crippen molar-refractivity contribution in [3.63, 3.8) is 0 Å². The highest BCUT2D eigenvalue weighted by Crippen LogP contribution is 2.42. The third-order valence-electron chi connectivity index (χ3n) is 3.70. The van der Waals surface area contributed by atoms with Crippen LogP contribution in [0.4, 0.5) is 14.9 Å². The van der Waals surface area contributed by atoms with Crippen molar-refractivity contribution in [3.8, 4) is 0 Å². The van der Waals surface area contributed by atoms with Gasteiger partial charge in [0.25, 0.3) is 0 Å². The Labute approximate surface area is 127 Å². The van der Waals surface area contributed by atoms with Gasteiger partial charge >= 0.3 is 6.03 Å². The minimum absolute atomic E-state index is 0.202. The second kappa shape index (κ2) is 6.13. The molecule has 3 rings (SSSR count). The van der Waals surface area contributed by atoms with E-state index in [1.165, 1.54) is 6.07 Å². The van der Waals surface area contributed by atoms with E-state index in [0.717, 1.165) is 18.5 Å². The molecule has 2 aromatic rings. The first-order valence-corrected chi connectivity index (χ1v) is 7.39. The van der Waals surface area contributed by atoms with Crippen LogP contribution >= 0.6 is 0 Å². The Bertz CT molecular complexity index is 680. The number of benzene rings is 1. The van der Waals surface area contributed by atoms with E-state index in [1.54, 1.807) is 23.0 Å². The average Bonchev–Trinajstić information content (AvgIpc) is 3.25. The van der Waals surface area contributed by atoms with Crippen LogP contribution in [0.5, 0.6) is 0 Å². The largest absolute Gasteiger partial charge is 0.332 e. The lowest BCUT2D eigenvalue weighted by molar-refractivity contribution is 0.251. The number of carbonyl (C=O) groups excluding carboxylic acids is 1. The van der Waals surface area contributed by atoms with Gasteiger partial charge in [-0.1, -0.05) is 5.21 Å². The van der Waals surface area contributed by atoms with Gasteiger partial charge in [-0.3, -0.25) is 0 Å². The molecule has 1 heterocycles. The summed E-state index contributed by atoms with van der Waals surface area (Å²) in [5.41, 5.74) is 2.12. The van der Waals surface area contributed by atoms with E-state index in [2.05, 4.69) is 20.9 Å². The van der Waals surface area contributed by atoms with E-state index in [4.69, 9.17) is 0 Å². The normalized spacial score (nSPS) is 13.9. The Morgan fingerprint density at radius 3 is 3.00 bits per heavy atom. The molecule has 116 valence electrons. The van der Waals surface area contributed by atoms with Crippen LogP contribution in [-0.2, 0) is 13.1 Å². The number of amides is 2. The highest BCUT2D eigenvalue weighted by atomic mass is 19.1. The number of hydrogen-bond acceptors (Lipinski definition) is 3. The predicted molar refractivity (Wildman–Crippen MR) is 79.9 cm³/mol. The van der Waals surface area contributed by atoms with Crippen molar-refractivity contribution >= 4 is 11.7 Å². The summed E-state index contributed by atoms with van der Waals surface area (Å²) in [4.78, 5) is 11.9. The summed E-state index contributed by atoms with van der Waals surface area (Å²) >= 11 is 0. The minimum Gasteiger partial charge on any atom is -0.332 e. The lowest BCUT2D eigenvalue weighted by Gasteiger charge is -2.10. The van der Waals surface area contributed by atoms with Crippen LogP contribution < -0.4 is 10.6 Å². The summed E-state index contributed by atoms with van der Waals surface area (Å²) < 4.78 is 15.4. The molecule has 1 aliphatic rings. The maximum Gasteiger partial charge on any atom is 0.319 e. The van der Waals surface area contributed by atoms with E-state index in [9.17, 15) is 9.18 Å². The second-order valence-electron chi connectivity index (χ2n) is 5.36. The van der Waals surface area contributed by atoms with Crippen LogP contribution in [0, 0.1) is 5.82 Å². The first-order valence-electron chi connectivity index (χ1n) is 7.39. The molecule has 2 amide bonds. The summed E-state index contributed by atoms with van der Waals surface area (Å²) in [5.74, 6) is 0.0983. The number of aryl methyl sites for hydroxylation is 1. The topological polar surface area (TPSA) is 71.8 Å². The standard InChI is InChI=1S/C15H18FN5O/c1-2-21-12(9-18-20-21)8-17-15(22)19-11-5-6-14(16)13(7-11)10-3-4-10/h5-7,9-10H,2-4,8H2,1H3,(H2,17,19,22). The van der Waals surface area contributed by atoms with Gasteiger partial charge < -0.3 is 10.6 Å². The number of nitrogens with zero attached hydrogens (tertiary/aromatic N) is 3. The van der Waals surface area contributed by atoms with E-state index in [0.29, 0.717) is 30.3 Å². The van der Waals surface area contributed by atoms with Gasteiger partial charge in [0.15, 0.2) is 0 Å². The predicted octanol–water partition coefficient (Wildman–Crippen LogP) is 2.64. The second-order valence-corrected chi connectivity index (χ2v) is 5.36. The van der Waals surface area contributed by atoms with Crippen LogP contribution in [0.2, 0.25) is 0 Å². The maximum absolute atomic E-state index is 13.7. The van der Waals surface area contributed by atoms with Crippen molar-refractivity contribution in [2.75, 3.05) is 5.32 Å². The highest BCUT2D eigenvalue weighted by molar-refractivity contribution is 5.89. The van der Waals surface area contributed by atoms with Crippen molar-refractivity contribution < 1.29 is 9.18 Å². The minimum atomic E-state index is -0.336. The molecule has 0 saturated heterocycles. The van der Waals surface area contributed by atoms with Gasteiger partial charge in [0.1, 0.15) is 5.82 Å². The number of urea groups is 1. The monoisotopic (exact) mass is 303 g/mol. The summed E-state index contributed by atoms with van der Waals surface area (Å²) in [7, 11) is 0. The van der Waals surface area contributed by atoms with Gasteiger partial charge in [0, 0.05) is 12.2 Å². The zero-order chi connectivity index (χ0) is 15.5. The Morgan fingerprint density at radius 1 is 1.45 bits per heavy atom. The fourth-order valence-electron chi connectivity index (χ4n) is 2.36. The van der Waals surface area contributed by atoms with Crippen LogP contribution in [0.15, 0.2) is 24.4 Å². The molecule has 0 atom stereocenters. The molecule has 1 saturated carbocycles. The summed E-state index contributed by atoms with van der Waals surface area (Å²) in [6.07, 6.45) is 3.65. The molecule has 0 spiro atoms. The molecular formula is C15H18FN5O. The summed E-state index contributed by atoms with van der Waals surface area (Å²) in [6, 6.07) is 4.35. The van der Waals surface area contributed by atoms with E-state index in [-0.39, 0.29) is 11.8 Å². The fourth-order valence-corrected chi connectivity index (χ4v) is 2.36. The molecule has 7 heteroatoms. The molecule has 22 heavy (non-hydrogen) atoms.